The van der Waals surface area contributed by atoms with Crippen LogP contribution in [0.1, 0.15) is 0 Å². The van der Waals surface area contributed by atoms with Crippen LogP contribution in [0, 0.1) is 0 Å². The standard InChI is InChI=1S/C3H8S4/c4-1-2-6-7-3-5/h4-5H,1-3H2. The first-order valence-corrected chi connectivity index (χ1v) is 5.63. The second-order valence-corrected chi connectivity index (χ2v) is 4.57. The molecule has 44 valence electrons. The van der Waals surface area contributed by atoms with Crippen molar-refractivity contribution in [3.05, 3.63) is 0 Å². The highest BCUT2D eigenvalue weighted by Gasteiger charge is 1.81. The zero-order chi connectivity index (χ0) is 5.54. The van der Waals surface area contributed by atoms with E-state index in [1.54, 1.807) is 10.8 Å². The Morgan fingerprint density at radius 3 is 2.29 bits per heavy atom. The quantitative estimate of drug-likeness (QED) is 0.289. The molecule has 0 aromatic rings. The Kier molecular flexibility index (Phi) is 8.88. The van der Waals surface area contributed by atoms with Gasteiger partial charge >= 0.3 is 0 Å². The average molecular weight is 172 g/mol. The van der Waals surface area contributed by atoms with Crippen molar-refractivity contribution in [2.75, 3.05) is 16.6 Å². The predicted molar refractivity (Wildman–Crippen MR) is 47.8 cm³/mol. The van der Waals surface area contributed by atoms with Gasteiger partial charge in [0.25, 0.3) is 0 Å². The third-order valence-corrected chi connectivity index (χ3v) is 3.74. The van der Waals surface area contributed by atoms with Crippen molar-refractivity contribution < 1.29 is 0 Å². The Morgan fingerprint density at radius 2 is 1.86 bits per heavy atom. The van der Waals surface area contributed by atoms with Crippen LogP contribution in [-0.2, 0) is 0 Å². The first-order chi connectivity index (χ1) is 3.41. The van der Waals surface area contributed by atoms with Gasteiger partial charge in [0.1, 0.15) is 0 Å². The summed E-state index contributed by atoms with van der Waals surface area (Å²) in [5, 5.41) is 0.901. The maximum Gasteiger partial charge on any atom is 0.0465 e. The zero-order valence-corrected chi connectivity index (χ0v) is 7.25. The zero-order valence-electron chi connectivity index (χ0n) is 3.83. The summed E-state index contributed by atoms with van der Waals surface area (Å²) in [6.07, 6.45) is 0. The van der Waals surface area contributed by atoms with Crippen molar-refractivity contribution in [1.29, 1.82) is 0 Å². The van der Waals surface area contributed by atoms with Gasteiger partial charge in [0.2, 0.25) is 0 Å². The molecule has 0 bridgehead atoms. The molecule has 0 aliphatic rings. The second kappa shape index (κ2) is 7.40. The highest BCUT2D eigenvalue weighted by Crippen LogP contribution is 2.21. The van der Waals surface area contributed by atoms with Crippen LogP contribution in [0.5, 0.6) is 0 Å². The van der Waals surface area contributed by atoms with E-state index in [-0.39, 0.29) is 0 Å². The normalized spacial score (nSPS) is 9.43. The number of thiol groups is 2. The average Bonchev–Trinajstić information content (AvgIpc) is 1.69. The molecule has 0 radical (unpaired) electrons. The van der Waals surface area contributed by atoms with Crippen molar-refractivity contribution >= 4 is 46.8 Å². The van der Waals surface area contributed by atoms with Gasteiger partial charge in [-0.25, -0.2) is 0 Å². The summed E-state index contributed by atoms with van der Waals surface area (Å²) in [5.41, 5.74) is 0. The molecule has 0 spiro atoms. The summed E-state index contributed by atoms with van der Waals surface area (Å²) in [6, 6.07) is 0. The van der Waals surface area contributed by atoms with Gasteiger partial charge in [0.05, 0.1) is 0 Å². The van der Waals surface area contributed by atoms with Gasteiger partial charge in [-0.2, -0.15) is 25.3 Å². The topological polar surface area (TPSA) is 0 Å². The van der Waals surface area contributed by atoms with Crippen molar-refractivity contribution in [2.45, 2.75) is 0 Å². The minimum Gasteiger partial charge on any atom is -0.178 e. The van der Waals surface area contributed by atoms with Gasteiger partial charge in [0.15, 0.2) is 0 Å². The van der Waals surface area contributed by atoms with Crippen LogP contribution < -0.4 is 0 Å². The summed E-state index contributed by atoms with van der Waals surface area (Å²) in [4.78, 5) is 0. The van der Waals surface area contributed by atoms with E-state index in [2.05, 4.69) is 25.3 Å². The molecule has 0 fully saturated rings. The van der Waals surface area contributed by atoms with E-state index in [1.807, 2.05) is 10.8 Å². The van der Waals surface area contributed by atoms with Crippen LogP contribution in [0.25, 0.3) is 0 Å². The molecule has 0 heterocycles. The van der Waals surface area contributed by atoms with Gasteiger partial charge in [-0.3, -0.25) is 0 Å². The minimum absolute atomic E-state index is 0.901. The molecule has 0 aliphatic heterocycles. The van der Waals surface area contributed by atoms with Crippen molar-refractivity contribution in [2.24, 2.45) is 0 Å². The molecule has 0 nitrogen and oxygen atoms in total. The van der Waals surface area contributed by atoms with Gasteiger partial charge in [-0.05, 0) is 0 Å². The molecular formula is C3H8S4. The van der Waals surface area contributed by atoms with Crippen LogP contribution in [-0.4, -0.2) is 16.6 Å². The van der Waals surface area contributed by atoms with E-state index in [9.17, 15) is 0 Å². The van der Waals surface area contributed by atoms with Crippen molar-refractivity contribution in [3.8, 4) is 0 Å². The largest absolute Gasteiger partial charge is 0.178 e. The molecule has 7 heavy (non-hydrogen) atoms. The second-order valence-electron chi connectivity index (χ2n) is 0.793. The highest BCUT2D eigenvalue weighted by atomic mass is 33.1. The molecule has 4 heteroatoms. The molecule has 0 saturated heterocycles. The Bertz CT molecular complexity index is 26.1. The van der Waals surface area contributed by atoms with Crippen molar-refractivity contribution in [1.82, 2.24) is 0 Å². The molecular weight excluding hydrogens is 164 g/mol. The summed E-state index contributed by atoms with van der Waals surface area (Å²) in [5.74, 6) is 2.08. The predicted octanol–water partition coefficient (Wildman–Crippen LogP) is 2.18. The summed E-state index contributed by atoms with van der Waals surface area (Å²) in [7, 11) is 3.58. The molecule has 0 atom stereocenters. The van der Waals surface area contributed by atoms with E-state index in [4.69, 9.17) is 0 Å². The smallest absolute Gasteiger partial charge is 0.0465 e. The Balaban J connectivity index is 2.45. The summed E-state index contributed by atoms with van der Waals surface area (Å²) >= 11 is 8.04. The maximum absolute atomic E-state index is 4.03. The molecule has 0 rings (SSSR count). The van der Waals surface area contributed by atoms with Gasteiger partial charge in [0, 0.05) is 16.6 Å². The summed E-state index contributed by atoms with van der Waals surface area (Å²) in [6.45, 7) is 0. The highest BCUT2D eigenvalue weighted by molar-refractivity contribution is 8.77. The van der Waals surface area contributed by atoms with E-state index in [0.29, 0.717) is 0 Å². The lowest BCUT2D eigenvalue weighted by molar-refractivity contribution is 1.58. The van der Waals surface area contributed by atoms with Crippen LogP contribution in [0.2, 0.25) is 0 Å². The molecule has 0 aliphatic carbocycles. The fourth-order valence-corrected chi connectivity index (χ4v) is 2.54. The number of hydrogen-bond acceptors (Lipinski definition) is 4. The lowest BCUT2D eigenvalue weighted by Crippen LogP contribution is -1.72. The third kappa shape index (κ3) is 7.40. The lowest BCUT2D eigenvalue weighted by Gasteiger charge is -1.89. The third-order valence-electron chi connectivity index (χ3n) is 0.311. The van der Waals surface area contributed by atoms with Crippen LogP contribution in [0.3, 0.4) is 0 Å². The SMILES string of the molecule is SCCSSCS. The van der Waals surface area contributed by atoms with Gasteiger partial charge < -0.3 is 0 Å². The van der Waals surface area contributed by atoms with E-state index in [1.165, 1.54) is 0 Å². The van der Waals surface area contributed by atoms with Gasteiger partial charge in [-0.15, -0.1) is 0 Å². The van der Waals surface area contributed by atoms with E-state index in [0.717, 1.165) is 16.6 Å². The molecule has 0 aromatic heterocycles. The van der Waals surface area contributed by atoms with Gasteiger partial charge in [-0.1, -0.05) is 21.6 Å². The fourth-order valence-electron chi connectivity index (χ4n) is 0.133. The van der Waals surface area contributed by atoms with Crippen LogP contribution in [0.4, 0.5) is 0 Å². The Labute approximate surface area is 63.4 Å². The number of hydrogen-bond donors (Lipinski definition) is 2. The number of rotatable bonds is 4. The molecule has 0 N–H and O–H groups in total. The van der Waals surface area contributed by atoms with Crippen LogP contribution in [0.15, 0.2) is 0 Å². The molecule has 0 saturated carbocycles. The van der Waals surface area contributed by atoms with Crippen LogP contribution >= 0.6 is 46.8 Å². The molecule has 0 aromatic carbocycles. The molecule has 0 unspecified atom stereocenters. The fraction of sp³-hybridized carbons (Fsp3) is 1.00. The lowest BCUT2D eigenvalue weighted by atomic mass is 11.0. The van der Waals surface area contributed by atoms with E-state index >= 15 is 0 Å². The Hall–Kier alpha value is 1.40. The first-order valence-electron chi connectivity index (χ1n) is 1.88. The molecule has 0 amide bonds. The summed E-state index contributed by atoms with van der Waals surface area (Å²) < 4.78 is 0. The van der Waals surface area contributed by atoms with E-state index < -0.39 is 0 Å². The van der Waals surface area contributed by atoms with Crippen molar-refractivity contribution in [3.63, 3.8) is 0 Å². The minimum atomic E-state index is 0.901. The first kappa shape index (κ1) is 8.40. The monoisotopic (exact) mass is 172 g/mol. The maximum atomic E-state index is 4.03. The Morgan fingerprint density at radius 1 is 1.14 bits per heavy atom.